The Morgan fingerprint density at radius 2 is 2.12 bits per heavy atom. The molecule has 1 aromatic heterocycles. The summed E-state index contributed by atoms with van der Waals surface area (Å²) in [7, 11) is 1.87. The van der Waals surface area contributed by atoms with E-state index < -0.39 is 0 Å². The first-order valence-electron chi connectivity index (χ1n) is 5.03. The highest BCUT2D eigenvalue weighted by Gasteiger charge is 2.05. The topological polar surface area (TPSA) is 27.1 Å². The number of halogens is 1. The van der Waals surface area contributed by atoms with Crippen LogP contribution in [0.15, 0.2) is 30.5 Å². The standard InChI is InChI=1S/C12H13ClN2O/c1-9-5-3-4-6-10(9)16-8-12-14-7-11(13)15(12)2/h3-7H,8H2,1-2H3. The van der Waals surface area contributed by atoms with Gasteiger partial charge in [0, 0.05) is 7.05 Å². The Bertz CT molecular complexity index is 494. The van der Waals surface area contributed by atoms with E-state index in [0.29, 0.717) is 11.8 Å². The lowest BCUT2D eigenvalue weighted by atomic mass is 10.2. The van der Waals surface area contributed by atoms with Crippen molar-refractivity contribution in [3.63, 3.8) is 0 Å². The number of hydrogen-bond donors (Lipinski definition) is 0. The van der Waals surface area contributed by atoms with Crippen LogP contribution >= 0.6 is 11.6 Å². The first-order valence-corrected chi connectivity index (χ1v) is 5.41. The third-order valence-corrected chi connectivity index (χ3v) is 2.83. The van der Waals surface area contributed by atoms with E-state index in [1.54, 1.807) is 10.8 Å². The van der Waals surface area contributed by atoms with Crippen molar-refractivity contribution in [2.45, 2.75) is 13.5 Å². The molecule has 0 amide bonds. The first kappa shape index (κ1) is 11.0. The van der Waals surface area contributed by atoms with E-state index >= 15 is 0 Å². The molecule has 2 rings (SSSR count). The predicted molar refractivity (Wildman–Crippen MR) is 63.7 cm³/mol. The molecule has 4 heteroatoms. The Labute approximate surface area is 99.6 Å². The van der Waals surface area contributed by atoms with E-state index in [2.05, 4.69) is 4.98 Å². The van der Waals surface area contributed by atoms with Crippen LogP contribution in [0.3, 0.4) is 0 Å². The van der Waals surface area contributed by atoms with Gasteiger partial charge in [-0.2, -0.15) is 0 Å². The van der Waals surface area contributed by atoms with Gasteiger partial charge in [0.25, 0.3) is 0 Å². The van der Waals surface area contributed by atoms with Crippen LogP contribution in [0.5, 0.6) is 5.75 Å². The molecule has 0 saturated carbocycles. The van der Waals surface area contributed by atoms with Gasteiger partial charge in [-0.1, -0.05) is 29.8 Å². The molecule has 0 radical (unpaired) electrons. The number of nitrogens with zero attached hydrogens (tertiary/aromatic N) is 2. The van der Waals surface area contributed by atoms with E-state index in [4.69, 9.17) is 16.3 Å². The predicted octanol–water partition coefficient (Wildman–Crippen LogP) is 2.96. The molecule has 0 bridgehead atoms. The van der Waals surface area contributed by atoms with Gasteiger partial charge in [0.2, 0.25) is 0 Å². The Hall–Kier alpha value is -1.48. The van der Waals surface area contributed by atoms with Crippen LogP contribution < -0.4 is 4.74 Å². The molecule has 0 aliphatic carbocycles. The highest BCUT2D eigenvalue weighted by atomic mass is 35.5. The summed E-state index contributed by atoms with van der Waals surface area (Å²) in [5, 5.41) is 0.614. The second-order valence-electron chi connectivity index (χ2n) is 3.61. The summed E-state index contributed by atoms with van der Waals surface area (Å²) in [4.78, 5) is 4.17. The zero-order valence-corrected chi connectivity index (χ0v) is 10.0. The van der Waals surface area contributed by atoms with Gasteiger partial charge >= 0.3 is 0 Å². The fourth-order valence-electron chi connectivity index (χ4n) is 1.42. The van der Waals surface area contributed by atoms with E-state index in [1.165, 1.54) is 0 Å². The molecule has 3 nitrogen and oxygen atoms in total. The Morgan fingerprint density at radius 3 is 2.75 bits per heavy atom. The van der Waals surface area contributed by atoms with Gasteiger partial charge < -0.3 is 9.30 Å². The fraction of sp³-hybridized carbons (Fsp3) is 0.250. The number of benzene rings is 1. The fourth-order valence-corrected chi connectivity index (χ4v) is 1.57. The zero-order chi connectivity index (χ0) is 11.5. The maximum absolute atomic E-state index is 5.89. The van der Waals surface area contributed by atoms with Crippen LogP contribution in [0.1, 0.15) is 11.4 Å². The van der Waals surface area contributed by atoms with E-state index in [0.717, 1.165) is 17.1 Å². The molecule has 0 N–H and O–H groups in total. The highest BCUT2D eigenvalue weighted by molar-refractivity contribution is 6.29. The molecule has 0 unspecified atom stereocenters. The van der Waals surface area contributed by atoms with E-state index in [-0.39, 0.29) is 0 Å². The molecular weight excluding hydrogens is 224 g/mol. The molecule has 1 heterocycles. The maximum atomic E-state index is 5.89. The third-order valence-electron chi connectivity index (χ3n) is 2.48. The number of rotatable bonds is 3. The van der Waals surface area contributed by atoms with Crippen molar-refractivity contribution in [3.05, 3.63) is 47.0 Å². The van der Waals surface area contributed by atoms with Gasteiger partial charge in [-0.15, -0.1) is 0 Å². The largest absolute Gasteiger partial charge is 0.485 e. The summed E-state index contributed by atoms with van der Waals surface area (Å²) >= 11 is 5.89. The summed E-state index contributed by atoms with van der Waals surface area (Å²) in [5.74, 6) is 1.69. The molecule has 0 fully saturated rings. The van der Waals surface area contributed by atoms with Crippen LogP contribution in [0.2, 0.25) is 5.15 Å². The molecule has 0 aliphatic heterocycles. The molecule has 16 heavy (non-hydrogen) atoms. The number of imidazole rings is 1. The number of aryl methyl sites for hydroxylation is 1. The number of para-hydroxylation sites is 1. The second kappa shape index (κ2) is 4.58. The van der Waals surface area contributed by atoms with Gasteiger partial charge in [0.1, 0.15) is 23.3 Å². The molecule has 84 valence electrons. The number of hydrogen-bond acceptors (Lipinski definition) is 2. The summed E-state index contributed by atoms with van der Waals surface area (Å²) in [6, 6.07) is 7.90. The smallest absolute Gasteiger partial charge is 0.147 e. The van der Waals surface area contributed by atoms with Crippen LogP contribution in [0.25, 0.3) is 0 Å². The van der Waals surface area contributed by atoms with Crippen molar-refractivity contribution in [1.82, 2.24) is 9.55 Å². The van der Waals surface area contributed by atoms with Crippen LogP contribution in [0.4, 0.5) is 0 Å². The van der Waals surface area contributed by atoms with Crippen molar-refractivity contribution in [2.75, 3.05) is 0 Å². The van der Waals surface area contributed by atoms with Crippen molar-refractivity contribution >= 4 is 11.6 Å². The molecule has 0 saturated heterocycles. The first-order chi connectivity index (χ1) is 7.68. The lowest BCUT2D eigenvalue weighted by Crippen LogP contribution is -2.04. The number of aromatic nitrogens is 2. The normalized spacial score (nSPS) is 10.4. The monoisotopic (exact) mass is 236 g/mol. The highest BCUT2D eigenvalue weighted by Crippen LogP contribution is 2.18. The summed E-state index contributed by atoms with van der Waals surface area (Å²) in [6.45, 7) is 2.44. The number of ether oxygens (including phenoxy) is 1. The summed E-state index contributed by atoms with van der Waals surface area (Å²) < 4.78 is 7.48. The molecule has 0 atom stereocenters. The van der Waals surface area contributed by atoms with Crippen LogP contribution in [-0.2, 0) is 13.7 Å². The van der Waals surface area contributed by atoms with Gasteiger partial charge in [-0.25, -0.2) is 4.98 Å². The molecular formula is C12H13ClN2O. The second-order valence-corrected chi connectivity index (χ2v) is 4.00. The van der Waals surface area contributed by atoms with E-state index in [1.807, 2.05) is 38.2 Å². The average Bonchev–Trinajstić information content (AvgIpc) is 2.59. The minimum Gasteiger partial charge on any atom is -0.485 e. The molecule has 2 aromatic rings. The average molecular weight is 237 g/mol. The Morgan fingerprint density at radius 1 is 1.38 bits per heavy atom. The van der Waals surface area contributed by atoms with Gasteiger partial charge in [0.15, 0.2) is 0 Å². The quantitative estimate of drug-likeness (QED) is 0.819. The molecule has 0 spiro atoms. The Balaban J connectivity index is 2.08. The Kier molecular flexibility index (Phi) is 3.15. The minimum absolute atomic E-state index is 0.425. The van der Waals surface area contributed by atoms with Gasteiger partial charge in [-0.05, 0) is 18.6 Å². The zero-order valence-electron chi connectivity index (χ0n) is 9.27. The minimum atomic E-state index is 0.425. The van der Waals surface area contributed by atoms with Crippen molar-refractivity contribution in [3.8, 4) is 5.75 Å². The van der Waals surface area contributed by atoms with Crippen molar-refractivity contribution in [1.29, 1.82) is 0 Å². The van der Waals surface area contributed by atoms with Gasteiger partial charge in [0.05, 0.1) is 6.20 Å². The molecule has 1 aromatic carbocycles. The van der Waals surface area contributed by atoms with Gasteiger partial charge in [-0.3, -0.25) is 0 Å². The van der Waals surface area contributed by atoms with E-state index in [9.17, 15) is 0 Å². The summed E-state index contributed by atoms with van der Waals surface area (Å²) in [6.07, 6.45) is 1.62. The molecule has 0 aliphatic rings. The van der Waals surface area contributed by atoms with Crippen LogP contribution in [-0.4, -0.2) is 9.55 Å². The SMILES string of the molecule is Cc1ccccc1OCc1ncc(Cl)n1C. The summed E-state index contributed by atoms with van der Waals surface area (Å²) in [5.41, 5.74) is 1.11. The van der Waals surface area contributed by atoms with Crippen molar-refractivity contribution in [2.24, 2.45) is 7.05 Å². The van der Waals surface area contributed by atoms with Crippen LogP contribution in [0, 0.1) is 6.92 Å². The lowest BCUT2D eigenvalue weighted by Gasteiger charge is -2.08. The maximum Gasteiger partial charge on any atom is 0.147 e. The lowest BCUT2D eigenvalue weighted by molar-refractivity contribution is 0.290. The van der Waals surface area contributed by atoms with Crippen molar-refractivity contribution < 1.29 is 4.74 Å². The third kappa shape index (κ3) is 2.19.